The molecule has 4 nitrogen and oxygen atoms in total. The fraction of sp³-hybridized carbons (Fsp3) is 0.143. The molecule has 1 amide bonds. The summed E-state index contributed by atoms with van der Waals surface area (Å²) in [5.74, 6) is 0.212. The Balaban J connectivity index is 1.72. The third-order valence-corrected chi connectivity index (χ3v) is 5.92. The number of fused-ring (bicyclic) bond motifs is 1. The topological polar surface area (TPSA) is 46.9 Å². The van der Waals surface area contributed by atoms with Gasteiger partial charge in [-0.15, -0.1) is 11.3 Å². The Labute approximate surface area is 160 Å². The highest BCUT2D eigenvalue weighted by Gasteiger charge is 2.24. The maximum Gasteiger partial charge on any atom is 0.262 e. The lowest BCUT2D eigenvalue weighted by molar-refractivity contribution is 0.0945. The highest BCUT2D eigenvalue weighted by molar-refractivity contribution is 7.21. The molecule has 0 aliphatic carbocycles. The normalized spacial score (nSPS) is 12.3. The van der Waals surface area contributed by atoms with Crippen LogP contribution in [0.2, 0.25) is 0 Å². The van der Waals surface area contributed by atoms with Crippen LogP contribution >= 0.6 is 11.3 Å². The third kappa shape index (κ3) is 3.24. The van der Waals surface area contributed by atoms with Gasteiger partial charge in [0, 0.05) is 24.1 Å². The number of benzene rings is 2. The lowest BCUT2D eigenvalue weighted by Gasteiger charge is -2.19. The fourth-order valence-electron chi connectivity index (χ4n) is 3.20. The monoisotopic (exact) mass is 379 g/mol. The summed E-state index contributed by atoms with van der Waals surface area (Å²) < 4.78 is 16.3. The van der Waals surface area contributed by atoms with Crippen LogP contribution in [-0.2, 0) is 7.05 Å². The van der Waals surface area contributed by atoms with Gasteiger partial charge in [-0.1, -0.05) is 30.3 Å². The Hall–Kier alpha value is -2.99. The predicted molar refractivity (Wildman–Crippen MR) is 105 cm³/mol. The minimum atomic E-state index is -0.470. The number of amides is 1. The van der Waals surface area contributed by atoms with E-state index in [0.717, 1.165) is 21.2 Å². The standard InChI is InChI=1S/C21H18FN3OS/c1-13-16-5-3-4-6-17(16)27-19(13)21(26)24-18(20-23-11-12-25(20)2)14-7-9-15(22)10-8-14/h3-12,18H,1-2H3,(H,24,26). The van der Waals surface area contributed by atoms with Crippen molar-refractivity contribution >= 4 is 27.3 Å². The molecule has 0 saturated heterocycles. The molecule has 136 valence electrons. The van der Waals surface area contributed by atoms with E-state index >= 15 is 0 Å². The van der Waals surface area contributed by atoms with Crippen molar-refractivity contribution in [2.75, 3.05) is 0 Å². The lowest BCUT2D eigenvalue weighted by Crippen LogP contribution is -2.31. The number of carbonyl (C=O) groups excluding carboxylic acids is 1. The van der Waals surface area contributed by atoms with Gasteiger partial charge in [0.05, 0.1) is 4.88 Å². The van der Waals surface area contributed by atoms with E-state index < -0.39 is 6.04 Å². The molecule has 1 N–H and O–H groups in total. The largest absolute Gasteiger partial charge is 0.337 e. The van der Waals surface area contributed by atoms with Crippen LogP contribution in [0.1, 0.15) is 32.7 Å². The highest BCUT2D eigenvalue weighted by atomic mass is 32.1. The van der Waals surface area contributed by atoms with Crippen molar-refractivity contribution in [2.24, 2.45) is 7.05 Å². The van der Waals surface area contributed by atoms with Gasteiger partial charge in [0.15, 0.2) is 0 Å². The molecule has 1 atom stereocenters. The Morgan fingerprint density at radius 2 is 1.93 bits per heavy atom. The number of nitrogens with one attached hydrogen (secondary N) is 1. The van der Waals surface area contributed by atoms with Crippen LogP contribution in [0, 0.1) is 12.7 Å². The van der Waals surface area contributed by atoms with Gasteiger partial charge in [-0.2, -0.15) is 0 Å². The molecular weight excluding hydrogens is 361 g/mol. The number of aryl methyl sites for hydroxylation is 2. The molecule has 6 heteroatoms. The molecule has 1 unspecified atom stereocenters. The van der Waals surface area contributed by atoms with Gasteiger partial charge in [0.2, 0.25) is 0 Å². The summed E-state index contributed by atoms with van der Waals surface area (Å²) in [5, 5.41) is 4.17. The van der Waals surface area contributed by atoms with Crippen LogP contribution < -0.4 is 5.32 Å². The van der Waals surface area contributed by atoms with Crippen LogP contribution in [0.15, 0.2) is 60.9 Å². The minimum Gasteiger partial charge on any atom is -0.337 e. The maximum absolute atomic E-state index is 13.4. The minimum absolute atomic E-state index is 0.161. The van der Waals surface area contributed by atoms with Crippen LogP contribution in [0.4, 0.5) is 4.39 Å². The van der Waals surface area contributed by atoms with E-state index in [2.05, 4.69) is 10.3 Å². The summed E-state index contributed by atoms with van der Waals surface area (Å²) in [6, 6.07) is 13.6. The Bertz CT molecular complexity index is 1110. The van der Waals surface area contributed by atoms with E-state index in [-0.39, 0.29) is 11.7 Å². The number of aromatic nitrogens is 2. The van der Waals surface area contributed by atoms with Gasteiger partial charge in [0.25, 0.3) is 5.91 Å². The van der Waals surface area contributed by atoms with E-state index in [1.54, 1.807) is 18.3 Å². The maximum atomic E-state index is 13.4. The molecule has 0 spiro atoms. The molecule has 2 aromatic carbocycles. The number of hydrogen-bond acceptors (Lipinski definition) is 3. The second-order valence-electron chi connectivity index (χ2n) is 6.41. The van der Waals surface area contributed by atoms with Crippen molar-refractivity contribution in [3.05, 3.63) is 88.6 Å². The Morgan fingerprint density at radius 3 is 2.59 bits per heavy atom. The zero-order chi connectivity index (χ0) is 19.0. The smallest absolute Gasteiger partial charge is 0.262 e. The average Bonchev–Trinajstić information content (AvgIpc) is 3.24. The Morgan fingerprint density at radius 1 is 1.19 bits per heavy atom. The van der Waals surface area contributed by atoms with Crippen molar-refractivity contribution in [2.45, 2.75) is 13.0 Å². The summed E-state index contributed by atoms with van der Waals surface area (Å²) >= 11 is 1.47. The summed E-state index contributed by atoms with van der Waals surface area (Å²) in [6.07, 6.45) is 3.51. The van der Waals surface area contributed by atoms with Gasteiger partial charge in [-0.3, -0.25) is 4.79 Å². The zero-order valence-electron chi connectivity index (χ0n) is 14.9. The van der Waals surface area contributed by atoms with Crippen LogP contribution in [-0.4, -0.2) is 15.5 Å². The summed E-state index contributed by atoms with van der Waals surface area (Å²) in [7, 11) is 1.87. The summed E-state index contributed by atoms with van der Waals surface area (Å²) in [6.45, 7) is 1.96. The van der Waals surface area contributed by atoms with Crippen molar-refractivity contribution in [3.8, 4) is 0 Å². The lowest BCUT2D eigenvalue weighted by atomic mass is 10.1. The second-order valence-corrected chi connectivity index (χ2v) is 7.46. The summed E-state index contributed by atoms with van der Waals surface area (Å²) in [4.78, 5) is 18.1. The fourth-order valence-corrected chi connectivity index (χ4v) is 4.31. The van der Waals surface area contributed by atoms with Crippen LogP contribution in [0.25, 0.3) is 10.1 Å². The van der Waals surface area contributed by atoms with Crippen LogP contribution in [0.3, 0.4) is 0 Å². The molecule has 4 aromatic rings. The molecule has 0 bridgehead atoms. The van der Waals surface area contributed by atoms with Gasteiger partial charge in [-0.05, 0) is 41.6 Å². The number of thiophene rings is 1. The van der Waals surface area contributed by atoms with E-state index in [1.807, 2.05) is 49.0 Å². The molecule has 0 radical (unpaired) electrons. The number of carbonyl (C=O) groups is 1. The van der Waals surface area contributed by atoms with Crippen molar-refractivity contribution in [3.63, 3.8) is 0 Å². The molecule has 2 aromatic heterocycles. The number of rotatable bonds is 4. The first-order chi connectivity index (χ1) is 13.0. The van der Waals surface area contributed by atoms with Crippen molar-refractivity contribution in [1.29, 1.82) is 0 Å². The first-order valence-corrected chi connectivity index (χ1v) is 9.38. The second kappa shape index (κ2) is 6.96. The first-order valence-electron chi connectivity index (χ1n) is 8.56. The van der Waals surface area contributed by atoms with Gasteiger partial charge in [0.1, 0.15) is 17.7 Å². The van der Waals surface area contributed by atoms with E-state index in [0.29, 0.717) is 10.7 Å². The molecule has 0 saturated carbocycles. The quantitative estimate of drug-likeness (QED) is 0.563. The van der Waals surface area contributed by atoms with Crippen molar-refractivity contribution in [1.82, 2.24) is 14.9 Å². The van der Waals surface area contributed by atoms with E-state index in [9.17, 15) is 9.18 Å². The number of imidazole rings is 1. The van der Waals surface area contributed by atoms with Crippen LogP contribution in [0.5, 0.6) is 0 Å². The SMILES string of the molecule is Cc1c(C(=O)NC(c2ccc(F)cc2)c2nccn2C)sc2ccccc12. The van der Waals surface area contributed by atoms with Gasteiger partial charge >= 0.3 is 0 Å². The molecule has 0 aliphatic rings. The third-order valence-electron chi connectivity index (χ3n) is 4.65. The zero-order valence-corrected chi connectivity index (χ0v) is 15.8. The highest BCUT2D eigenvalue weighted by Crippen LogP contribution is 2.31. The van der Waals surface area contributed by atoms with E-state index in [1.165, 1.54) is 23.5 Å². The molecular formula is C21H18FN3OS. The van der Waals surface area contributed by atoms with E-state index in [4.69, 9.17) is 0 Å². The first kappa shape index (κ1) is 17.4. The molecule has 0 aliphatic heterocycles. The van der Waals surface area contributed by atoms with Gasteiger partial charge < -0.3 is 9.88 Å². The Kier molecular flexibility index (Phi) is 4.49. The average molecular weight is 379 g/mol. The number of nitrogens with zero attached hydrogens (tertiary/aromatic N) is 2. The van der Waals surface area contributed by atoms with Gasteiger partial charge in [-0.25, -0.2) is 9.37 Å². The molecule has 2 heterocycles. The molecule has 0 fully saturated rings. The number of halogens is 1. The number of hydrogen-bond donors (Lipinski definition) is 1. The molecule has 27 heavy (non-hydrogen) atoms. The van der Waals surface area contributed by atoms with Crippen molar-refractivity contribution < 1.29 is 9.18 Å². The summed E-state index contributed by atoms with van der Waals surface area (Å²) in [5.41, 5.74) is 1.74. The molecule has 4 rings (SSSR count). The predicted octanol–water partition coefficient (Wildman–Crippen LogP) is 4.60.